The predicted molar refractivity (Wildman–Crippen MR) is 143 cm³/mol. The molecule has 1 fully saturated rings. The van der Waals surface area contributed by atoms with Crippen LogP contribution in [-0.4, -0.2) is 35.7 Å². The molecular weight excluding hydrogens is 450 g/mol. The lowest BCUT2D eigenvalue weighted by Gasteiger charge is -2.18. The first-order valence-electron chi connectivity index (χ1n) is 12.6. The normalized spacial score (nSPS) is 15.6. The fourth-order valence-electron chi connectivity index (χ4n) is 5.12. The van der Waals surface area contributed by atoms with Gasteiger partial charge in [-0.2, -0.15) is 0 Å². The number of hydrogen-bond donors (Lipinski definition) is 0. The van der Waals surface area contributed by atoms with Crippen molar-refractivity contribution in [3.8, 4) is 11.5 Å². The molecule has 1 aliphatic heterocycles. The Bertz CT molecular complexity index is 1360. The standard InChI is InChI=1S/C30H33N3O3/c1-21-10-8-11-22(2)29(21)36-17-7-6-16-32-27-15-5-4-14-26(27)31-30(32)23-18-28(34)33(20-23)24-12-9-13-25(19-24)35-3/h4-5,8-15,19,23H,6-7,16-18,20H2,1-3H3. The number of anilines is 1. The second-order valence-corrected chi connectivity index (χ2v) is 9.49. The first-order valence-corrected chi connectivity index (χ1v) is 12.6. The van der Waals surface area contributed by atoms with Gasteiger partial charge in [-0.25, -0.2) is 4.98 Å². The van der Waals surface area contributed by atoms with E-state index >= 15 is 0 Å². The minimum atomic E-state index is 0.0435. The molecule has 0 saturated carbocycles. The zero-order valence-electron chi connectivity index (χ0n) is 21.2. The number of unbranched alkanes of at least 4 members (excludes halogenated alkanes) is 1. The van der Waals surface area contributed by atoms with E-state index in [4.69, 9.17) is 14.5 Å². The minimum Gasteiger partial charge on any atom is -0.497 e. The van der Waals surface area contributed by atoms with E-state index in [-0.39, 0.29) is 11.8 Å². The predicted octanol–water partition coefficient (Wildman–Crippen LogP) is 6.04. The number of imidazole rings is 1. The zero-order valence-corrected chi connectivity index (χ0v) is 21.2. The van der Waals surface area contributed by atoms with Gasteiger partial charge in [0.25, 0.3) is 0 Å². The summed E-state index contributed by atoms with van der Waals surface area (Å²) < 4.78 is 13.8. The van der Waals surface area contributed by atoms with Crippen molar-refractivity contribution < 1.29 is 14.3 Å². The van der Waals surface area contributed by atoms with Gasteiger partial charge >= 0.3 is 0 Å². The molecule has 1 atom stereocenters. The number of aromatic nitrogens is 2. The third-order valence-electron chi connectivity index (χ3n) is 6.97. The molecular formula is C30H33N3O3. The fourth-order valence-corrected chi connectivity index (χ4v) is 5.12. The summed E-state index contributed by atoms with van der Waals surface area (Å²) in [6, 6.07) is 22.2. The monoisotopic (exact) mass is 483 g/mol. The molecule has 36 heavy (non-hydrogen) atoms. The third-order valence-corrected chi connectivity index (χ3v) is 6.97. The molecule has 1 aliphatic rings. The molecule has 2 heterocycles. The van der Waals surface area contributed by atoms with Gasteiger partial charge in [0.05, 0.1) is 24.8 Å². The smallest absolute Gasteiger partial charge is 0.227 e. The number of carbonyl (C=O) groups is 1. The van der Waals surface area contributed by atoms with E-state index in [1.807, 2.05) is 35.2 Å². The molecule has 6 nitrogen and oxygen atoms in total. The summed E-state index contributed by atoms with van der Waals surface area (Å²) in [5.41, 5.74) is 5.31. The van der Waals surface area contributed by atoms with Gasteiger partial charge in [-0.3, -0.25) is 4.79 Å². The van der Waals surface area contributed by atoms with Crippen molar-refractivity contribution >= 4 is 22.6 Å². The van der Waals surface area contributed by atoms with E-state index in [0.717, 1.165) is 53.4 Å². The molecule has 1 saturated heterocycles. The zero-order chi connectivity index (χ0) is 25.1. The van der Waals surface area contributed by atoms with E-state index in [1.54, 1.807) is 7.11 Å². The number of carbonyl (C=O) groups excluding carboxylic acids is 1. The summed E-state index contributed by atoms with van der Waals surface area (Å²) in [7, 11) is 1.64. The van der Waals surface area contributed by atoms with Gasteiger partial charge in [0.15, 0.2) is 0 Å². The first kappa shape index (κ1) is 23.9. The maximum absolute atomic E-state index is 13.0. The van der Waals surface area contributed by atoms with Crippen LogP contribution in [0.4, 0.5) is 5.69 Å². The number of amides is 1. The average Bonchev–Trinajstić information content (AvgIpc) is 3.46. The number of fused-ring (bicyclic) bond motifs is 1. The number of para-hydroxylation sites is 3. The van der Waals surface area contributed by atoms with Crippen LogP contribution in [0, 0.1) is 13.8 Å². The number of ether oxygens (including phenoxy) is 2. The second kappa shape index (κ2) is 10.4. The topological polar surface area (TPSA) is 56.6 Å². The Morgan fingerprint density at radius 2 is 1.75 bits per heavy atom. The van der Waals surface area contributed by atoms with E-state index < -0.39 is 0 Å². The lowest BCUT2D eigenvalue weighted by Crippen LogP contribution is -2.24. The van der Waals surface area contributed by atoms with Crippen LogP contribution >= 0.6 is 0 Å². The minimum absolute atomic E-state index is 0.0435. The second-order valence-electron chi connectivity index (χ2n) is 9.49. The summed E-state index contributed by atoms with van der Waals surface area (Å²) in [5, 5.41) is 0. The summed E-state index contributed by atoms with van der Waals surface area (Å²) in [4.78, 5) is 19.9. The van der Waals surface area contributed by atoms with E-state index in [9.17, 15) is 4.79 Å². The molecule has 3 aromatic carbocycles. The molecule has 186 valence electrons. The number of rotatable bonds is 9. The van der Waals surface area contributed by atoms with Crippen molar-refractivity contribution in [3.05, 3.63) is 83.7 Å². The Labute approximate surface area is 212 Å². The molecule has 1 aromatic heterocycles. The fraction of sp³-hybridized carbons (Fsp3) is 0.333. The Hall–Kier alpha value is -3.80. The summed E-state index contributed by atoms with van der Waals surface area (Å²) >= 11 is 0. The SMILES string of the molecule is COc1cccc(N2CC(c3nc4ccccc4n3CCCCOc3c(C)cccc3C)CC2=O)c1. The molecule has 0 spiro atoms. The number of hydrogen-bond acceptors (Lipinski definition) is 4. The highest BCUT2D eigenvalue weighted by Gasteiger charge is 2.35. The molecule has 0 N–H and O–H groups in total. The van der Waals surface area contributed by atoms with Crippen molar-refractivity contribution in [2.75, 3.05) is 25.2 Å². The summed E-state index contributed by atoms with van der Waals surface area (Å²) in [5.74, 6) is 2.90. The Balaban J connectivity index is 1.30. The van der Waals surface area contributed by atoms with Gasteiger partial charge in [-0.05, 0) is 62.1 Å². The van der Waals surface area contributed by atoms with Crippen molar-refractivity contribution in [3.63, 3.8) is 0 Å². The summed E-state index contributed by atoms with van der Waals surface area (Å²) in [6.45, 7) is 6.31. The molecule has 0 aliphatic carbocycles. The van der Waals surface area contributed by atoms with Crippen LogP contribution in [0.1, 0.15) is 42.1 Å². The van der Waals surface area contributed by atoms with Crippen LogP contribution in [0.25, 0.3) is 11.0 Å². The van der Waals surface area contributed by atoms with Crippen LogP contribution in [-0.2, 0) is 11.3 Å². The average molecular weight is 484 g/mol. The molecule has 0 bridgehead atoms. The van der Waals surface area contributed by atoms with Crippen molar-refractivity contribution in [2.45, 2.75) is 45.6 Å². The number of benzene rings is 3. The highest BCUT2D eigenvalue weighted by atomic mass is 16.5. The van der Waals surface area contributed by atoms with Crippen LogP contribution in [0.3, 0.4) is 0 Å². The van der Waals surface area contributed by atoms with Crippen LogP contribution in [0.2, 0.25) is 0 Å². The van der Waals surface area contributed by atoms with Gasteiger partial charge in [0.2, 0.25) is 5.91 Å². The lowest BCUT2D eigenvalue weighted by atomic mass is 10.1. The number of aryl methyl sites for hydroxylation is 3. The molecule has 6 heteroatoms. The van der Waals surface area contributed by atoms with Crippen LogP contribution in [0.15, 0.2) is 66.7 Å². The molecule has 5 rings (SSSR count). The lowest BCUT2D eigenvalue weighted by molar-refractivity contribution is -0.117. The van der Waals surface area contributed by atoms with E-state index in [0.29, 0.717) is 19.6 Å². The molecule has 1 amide bonds. The van der Waals surface area contributed by atoms with Gasteiger partial charge in [0, 0.05) is 37.2 Å². The Morgan fingerprint density at radius 3 is 2.56 bits per heavy atom. The van der Waals surface area contributed by atoms with E-state index in [1.165, 1.54) is 11.1 Å². The van der Waals surface area contributed by atoms with Crippen LogP contribution < -0.4 is 14.4 Å². The van der Waals surface area contributed by atoms with Gasteiger partial charge in [0.1, 0.15) is 17.3 Å². The Morgan fingerprint density at radius 1 is 0.972 bits per heavy atom. The van der Waals surface area contributed by atoms with Crippen molar-refractivity contribution in [2.24, 2.45) is 0 Å². The highest BCUT2D eigenvalue weighted by Crippen LogP contribution is 2.34. The van der Waals surface area contributed by atoms with Gasteiger partial charge in [-0.15, -0.1) is 0 Å². The number of methoxy groups -OCH3 is 1. The summed E-state index contributed by atoms with van der Waals surface area (Å²) in [6.07, 6.45) is 2.37. The molecule has 0 radical (unpaired) electrons. The van der Waals surface area contributed by atoms with Gasteiger partial charge < -0.3 is 18.9 Å². The number of nitrogens with zero attached hydrogens (tertiary/aromatic N) is 3. The maximum Gasteiger partial charge on any atom is 0.227 e. The van der Waals surface area contributed by atoms with Gasteiger partial charge in [-0.1, -0.05) is 36.4 Å². The first-order chi connectivity index (χ1) is 17.5. The Kier molecular flexibility index (Phi) is 6.94. The quantitative estimate of drug-likeness (QED) is 0.272. The largest absolute Gasteiger partial charge is 0.497 e. The highest BCUT2D eigenvalue weighted by molar-refractivity contribution is 5.96. The molecule has 1 unspecified atom stereocenters. The molecule has 4 aromatic rings. The maximum atomic E-state index is 13.0. The van der Waals surface area contributed by atoms with Crippen molar-refractivity contribution in [1.29, 1.82) is 0 Å². The van der Waals surface area contributed by atoms with E-state index in [2.05, 4.69) is 54.8 Å². The van der Waals surface area contributed by atoms with Crippen LogP contribution in [0.5, 0.6) is 11.5 Å². The third kappa shape index (κ3) is 4.81. The van der Waals surface area contributed by atoms with Crippen molar-refractivity contribution in [1.82, 2.24) is 9.55 Å².